The highest BCUT2D eigenvalue weighted by Gasteiger charge is 2.15. The van der Waals surface area contributed by atoms with Crippen molar-refractivity contribution in [1.29, 1.82) is 0 Å². The Morgan fingerprint density at radius 2 is 2.05 bits per heavy atom. The minimum Gasteiger partial charge on any atom is -0.484 e. The molecule has 0 saturated carbocycles. The van der Waals surface area contributed by atoms with E-state index < -0.39 is 0 Å². The Balaban J connectivity index is 1.66. The zero-order valence-corrected chi connectivity index (χ0v) is 12.8. The third-order valence-corrected chi connectivity index (χ3v) is 4.20. The number of aliphatic imine (C=N–C) groups is 1. The summed E-state index contributed by atoms with van der Waals surface area (Å²) < 4.78 is 18.5. The van der Waals surface area contributed by atoms with Crippen LogP contribution in [0.2, 0.25) is 0 Å². The van der Waals surface area contributed by atoms with Gasteiger partial charge in [0.15, 0.2) is 5.78 Å². The van der Waals surface area contributed by atoms with E-state index in [-0.39, 0.29) is 17.4 Å². The van der Waals surface area contributed by atoms with Crippen molar-refractivity contribution < 1.29 is 13.9 Å². The van der Waals surface area contributed by atoms with Gasteiger partial charge in [-0.3, -0.25) is 4.79 Å². The molecule has 0 saturated heterocycles. The first-order chi connectivity index (χ1) is 10.6. The normalized spacial score (nSPS) is 13.1. The highest BCUT2D eigenvalue weighted by Crippen LogP contribution is 2.33. The largest absolute Gasteiger partial charge is 0.484 e. The zero-order chi connectivity index (χ0) is 15.5. The number of hydrogen-bond donors (Lipinski definition) is 0. The molecule has 0 spiro atoms. The molecule has 0 aromatic heterocycles. The number of ether oxygens (including phenoxy) is 1. The van der Waals surface area contributed by atoms with Gasteiger partial charge in [0.05, 0.1) is 5.75 Å². The van der Waals surface area contributed by atoms with Gasteiger partial charge in [0.1, 0.15) is 28.9 Å². The number of carbonyl (C=O) groups is 1. The molecule has 3 rings (SSSR count). The molecule has 0 N–H and O–H groups in total. The van der Waals surface area contributed by atoms with Crippen LogP contribution < -0.4 is 4.74 Å². The maximum absolute atomic E-state index is 12.8. The predicted octanol–water partition coefficient (Wildman–Crippen LogP) is 4.17. The summed E-state index contributed by atoms with van der Waals surface area (Å²) in [5.41, 5.74) is 2.41. The van der Waals surface area contributed by atoms with Crippen molar-refractivity contribution in [2.75, 3.05) is 12.4 Å². The highest BCUT2D eigenvalue weighted by molar-refractivity contribution is 8.14. The number of hydrogen-bond acceptors (Lipinski definition) is 4. The third-order valence-electron chi connectivity index (χ3n) is 3.25. The van der Waals surface area contributed by atoms with Gasteiger partial charge >= 0.3 is 0 Å². The number of fused-ring (bicyclic) bond motifs is 1. The van der Waals surface area contributed by atoms with Crippen molar-refractivity contribution in [2.24, 2.45) is 4.99 Å². The molecule has 3 nitrogen and oxygen atoms in total. The van der Waals surface area contributed by atoms with Gasteiger partial charge in [-0.2, -0.15) is 0 Å². The third kappa shape index (κ3) is 3.36. The Kier molecular flexibility index (Phi) is 4.24. The SMILES string of the molecule is Cc1ccc2c(c1)OCC(SCC(=O)c1ccc(F)cc1)=N2. The van der Waals surface area contributed by atoms with Crippen LogP contribution >= 0.6 is 11.8 Å². The first-order valence-electron chi connectivity index (χ1n) is 6.84. The summed E-state index contributed by atoms with van der Waals surface area (Å²) >= 11 is 1.35. The molecule has 1 aliphatic rings. The first kappa shape index (κ1) is 14.8. The molecule has 112 valence electrons. The van der Waals surface area contributed by atoms with Gasteiger partial charge in [-0.15, -0.1) is 0 Å². The van der Waals surface area contributed by atoms with E-state index in [0.717, 1.165) is 22.0 Å². The minimum atomic E-state index is -0.346. The molecule has 0 bridgehead atoms. The summed E-state index contributed by atoms with van der Waals surface area (Å²) in [6, 6.07) is 11.4. The molecule has 5 heteroatoms. The first-order valence-corrected chi connectivity index (χ1v) is 7.83. The van der Waals surface area contributed by atoms with Crippen LogP contribution in [-0.2, 0) is 0 Å². The fraction of sp³-hybridized carbons (Fsp3) is 0.176. The number of carbonyl (C=O) groups excluding carboxylic acids is 1. The topological polar surface area (TPSA) is 38.7 Å². The lowest BCUT2D eigenvalue weighted by molar-refractivity contribution is 0.102. The Morgan fingerprint density at radius 1 is 1.27 bits per heavy atom. The molecule has 0 aliphatic carbocycles. The van der Waals surface area contributed by atoms with E-state index in [1.807, 2.05) is 25.1 Å². The number of benzene rings is 2. The zero-order valence-electron chi connectivity index (χ0n) is 12.0. The average Bonchev–Trinajstić information content (AvgIpc) is 2.53. The molecule has 1 heterocycles. The highest BCUT2D eigenvalue weighted by atomic mass is 32.2. The van der Waals surface area contributed by atoms with E-state index in [0.29, 0.717) is 12.2 Å². The Bertz CT molecular complexity index is 741. The quantitative estimate of drug-likeness (QED) is 0.798. The number of Topliss-reactive ketones (excluding diaryl/α,β-unsaturated/α-hetero) is 1. The number of thioether (sulfide) groups is 1. The lowest BCUT2D eigenvalue weighted by Crippen LogP contribution is -2.14. The summed E-state index contributed by atoms with van der Waals surface area (Å²) in [7, 11) is 0. The van der Waals surface area contributed by atoms with Crippen molar-refractivity contribution in [2.45, 2.75) is 6.92 Å². The van der Waals surface area contributed by atoms with Crippen LogP contribution in [0.5, 0.6) is 5.75 Å². The van der Waals surface area contributed by atoms with E-state index in [9.17, 15) is 9.18 Å². The number of rotatable bonds is 3. The second kappa shape index (κ2) is 6.32. The van der Waals surface area contributed by atoms with Gasteiger partial charge in [-0.1, -0.05) is 17.8 Å². The maximum Gasteiger partial charge on any atom is 0.173 e. The maximum atomic E-state index is 12.8. The van der Waals surface area contributed by atoms with Crippen molar-refractivity contribution in [3.05, 3.63) is 59.4 Å². The van der Waals surface area contributed by atoms with Crippen LogP contribution in [0.3, 0.4) is 0 Å². The molecule has 0 atom stereocenters. The van der Waals surface area contributed by atoms with Crippen LogP contribution in [-0.4, -0.2) is 23.2 Å². The minimum absolute atomic E-state index is 0.0533. The van der Waals surface area contributed by atoms with Crippen LogP contribution in [0.15, 0.2) is 47.5 Å². The molecule has 22 heavy (non-hydrogen) atoms. The second-order valence-corrected chi connectivity index (χ2v) is 6.03. The molecular weight excluding hydrogens is 301 g/mol. The van der Waals surface area contributed by atoms with Gasteiger partial charge < -0.3 is 4.74 Å². The Hall–Kier alpha value is -2.14. The van der Waals surface area contributed by atoms with Gasteiger partial charge in [0.25, 0.3) is 0 Å². The Labute approximate surface area is 132 Å². The van der Waals surface area contributed by atoms with E-state index in [4.69, 9.17) is 4.74 Å². The van der Waals surface area contributed by atoms with E-state index in [1.165, 1.54) is 36.0 Å². The van der Waals surface area contributed by atoms with Gasteiger partial charge in [0, 0.05) is 5.56 Å². The van der Waals surface area contributed by atoms with E-state index >= 15 is 0 Å². The molecule has 0 amide bonds. The van der Waals surface area contributed by atoms with Crippen LogP contribution in [0.25, 0.3) is 0 Å². The smallest absolute Gasteiger partial charge is 0.173 e. The summed E-state index contributed by atoms with van der Waals surface area (Å²) in [4.78, 5) is 16.6. The van der Waals surface area contributed by atoms with Gasteiger partial charge in [0.2, 0.25) is 0 Å². The molecule has 0 unspecified atom stereocenters. The van der Waals surface area contributed by atoms with Crippen LogP contribution in [0.4, 0.5) is 10.1 Å². The molecular formula is C17H14FNO2S. The summed E-state index contributed by atoms with van der Waals surface area (Å²) in [6.07, 6.45) is 0. The fourth-order valence-electron chi connectivity index (χ4n) is 2.08. The monoisotopic (exact) mass is 315 g/mol. The van der Waals surface area contributed by atoms with E-state index in [1.54, 1.807) is 0 Å². The average molecular weight is 315 g/mol. The lowest BCUT2D eigenvalue weighted by atomic mass is 10.1. The second-order valence-electron chi connectivity index (χ2n) is 4.98. The number of halogens is 1. The van der Waals surface area contributed by atoms with Crippen LogP contribution in [0, 0.1) is 12.7 Å². The number of nitrogens with zero attached hydrogens (tertiary/aromatic N) is 1. The summed E-state index contributed by atoms with van der Waals surface area (Å²) in [5, 5.41) is 0.770. The molecule has 0 fully saturated rings. The lowest BCUT2D eigenvalue weighted by Gasteiger charge is -2.16. The van der Waals surface area contributed by atoms with Crippen LogP contribution in [0.1, 0.15) is 15.9 Å². The van der Waals surface area contributed by atoms with Crippen molar-refractivity contribution in [1.82, 2.24) is 0 Å². The number of ketones is 1. The Morgan fingerprint density at radius 3 is 2.82 bits per heavy atom. The van der Waals surface area contributed by atoms with Crippen molar-refractivity contribution >= 4 is 28.3 Å². The van der Waals surface area contributed by atoms with E-state index in [2.05, 4.69) is 4.99 Å². The summed E-state index contributed by atoms with van der Waals surface area (Å²) in [5.74, 6) is 0.632. The molecule has 1 aliphatic heterocycles. The summed E-state index contributed by atoms with van der Waals surface area (Å²) in [6.45, 7) is 2.37. The van der Waals surface area contributed by atoms with Gasteiger partial charge in [-0.25, -0.2) is 9.38 Å². The molecule has 0 radical (unpaired) electrons. The van der Waals surface area contributed by atoms with Gasteiger partial charge in [-0.05, 0) is 48.9 Å². The van der Waals surface area contributed by atoms with Crippen molar-refractivity contribution in [3.63, 3.8) is 0 Å². The molecule has 2 aromatic rings. The van der Waals surface area contributed by atoms with Crippen molar-refractivity contribution in [3.8, 4) is 5.75 Å². The predicted molar refractivity (Wildman–Crippen MR) is 87.0 cm³/mol. The fourth-order valence-corrected chi connectivity index (χ4v) is 2.85. The standard InChI is InChI=1S/C17H14FNO2S/c1-11-2-7-14-16(8-11)21-9-17(19-14)22-10-15(20)12-3-5-13(18)6-4-12/h2-8H,9-10H2,1H3. The number of aryl methyl sites for hydroxylation is 1. The molecule has 2 aromatic carbocycles.